The molecule has 0 spiro atoms. The van der Waals surface area contributed by atoms with Gasteiger partial charge in [-0.1, -0.05) is 23.9 Å². The number of benzene rings is 1. The third-order valence-corrected chi connectivity index (χ3v) is 5.32. The summed E-state index contributed by atoms with van der Waals surface area (Å²) in [5.74, 6) is 0.809. The number of rotatable bonds is 6. The first-order valence-electron chi connectivity index (χ1n) is 8.88. The highest BCUT2D eigenvalue weighted by Gasteiger charge is 2.23. The number of nitrogens with zero attached hydrogens (tertiary/aromatic N) is 4. The van der Waals surface area contributed by atoms with E-state index in [9.17, 15) is 4.79 Å². The van der Waals surface area contributed by atoms with Crippen LogP contribution >= 0.6 is 11.8 Å². The van der Waals surface area contributed by atoms with Crippen LogP contribution in [0.1, 0.15) is 19.4 Å². The van der Waals surface area contributed by atoms with Gasteiger partial charge in [-0.3, -0.25) is 9.36 Å². The lowest BCUT2D eigenvalue weighted by Crippen LogP contribution is -2.38. The molecule has 1 aromatic heterocycles. The van der Waals surface area contributed by atoms with Crippen LogP contribution in [-0.4, -0.2) is 52.2 Å². The summed E-state index contributed by atoms with van der Waals surface area (Å²) in [6, 6.07) is 7.80. The molecule has 0 unspecified atom stereocenters. The molecule has 0 aliphatic carbocycles. The number of amides is 1. The Morgan fingerprint density at radius 1 is 1.35 bits per heavy atom. The van der Waals surface area contributed by atoms with Gasteiger partial charge < -0.3 is 15.0 Å². The molecular formula is C18H25N5O2S. The Morgan fingerprint density at radius 2 is 2.12 bits per heavy atom. The lowest BCUT2D eigenvalue weighted by molar-refractivity contribution is -0.115. The number of aromatic nitrogens is 3. The molecule has 1 atom stereocenters. The summed E-state index contributed by atoms with van der Waals surface area (Å²) < 4.78 is 7.47. The predicted octanol–water partition coefficient (Wildman–Crippen LogP) is 2.56. The van der Waals surface area contributed by atoms with Crippen molar-refractivity contribution in [1.29, 1.82) is 0 Å². The van der Waals surface area contributed by atoms with Crippen molar-refractivity contribution >= 4 is 29.3 Å². The highest BCUT2D eigenvalue weighted by Crippen LogP contribution is 2.26. The van der Waals surface area contributed by atoms with E-state index in [4.69, 9.17) is 4.74 Å². The number of morpholine rings is 1. The normalized spacial score (nSPS) is 15.7. The van der Waals surface area contributed by atoms with Crippen LogP contribution in [-0.2, 0) is 16.1 Å². The minimum Gasteiger partial charge on any atom is -0.378 e. The number of hydrogen-bond acceptors (Lipinski definition) is 6. The first-order valence-corrected chi connectivity index (χ1v) is 9.76. The van der Waals surface area contributed by atoms with Crippen LogP contribution < -0.4 is 10.2 Å². The van der Waals surface area contributed by atoms with E-state index in [-0.39, 0.29) is 11.2 Å². The molecule has 26 heavy (non-hydrogen) atoms. The summed E-state index contributed by atoms with van der Waals surface area (Å²) in [7, 11) is 0. The molecule has 1 amide bonds. The Kier molecular flexibility index (Phi) is 6.16. The van der Waals surface area contributed by atoms with Crippen LogP contribution in [0.3, 0.4) is 0 Å². The van der Waals surface area contributed by atoms with Crippen molar-refractivity contribution in [1.82, 2.24) is 14.8 Å². The Labute approximate surface area is 158 Å². The zero-order valence-corrected chi connectivity index (χ0v) is 16.3. The number of thioether (sulfide) groups is 1. The van der Waals surface area contributed by atoms with E-state index < -0.39 is 0 Å². The van der Waals surface area contributed by atoms with Gasteiger partial charge in [0.1, 0.15) is 0 Å². The van der Waals surface area contributed by atoms with Gasteiger partial charge in [0.05, 0.1) is 18.5 Å². The molecule has 1 aliphatic heterocycles. The first-order chi connectivity index (χ1) is 12.6. The zero-order valence-electron chi connectivity index (χ0n) is 15.4. The maximum absolute atomic E-state index is 12.5. The SMILES string of the molecule is CCn1c(S[C@H](C)C(=O)Nc2cccc(C)c2)nnc1N1CCOCC1. The number of ether oxygens (including phenoxy) is 1. The van der Waals surface area contributed by atoms with Gasteiger partial charge in [0.25, 0.3) is 0 Å². The van der Waals surface area contributed by atoms with Crippen molar-refractivity contribution in [3.05, 3.63) is 29.8 Å². The summed E-state index contributed by atoms with van der Waals surface area (Å²) in [5, 5.41) is 12.1. The number of carbonyl (C=O) groups excluding carboxylic acids is 1. The van der Waals surface area contributed by atoms with Crippen LogP contribution in [0.5, 0.6) is 0 Å². The lowest BCUT2D eigenvalue weighted by Gasteiger charge is -2.27. The topological polar surface area (TPSA) is 72.3 Å². The van der Waals surface area contributed by atoms with E-state index in [0.717, 1.165) is 42.0 Å². The number of nitrogens with one attached hydrogen (secondary N) is 1. The predicted molar refractivity (Wildman–Crippen MR) is 104 cm³/mol. The van der Waals surface area contributed by atoms with Crippen molar-refractivity contribution in [3.63, 3.8) is 0 Å². The van der Waals surface area contributed by atoms with Crippen LogP contribution in [0.25, 0.3) is 0 Å². The molecule has 1 aliphatic rings. The van der Waals surface area contributed by atoms with Gasteiger partial charge in [0.2, 0.25) is 11.9 Å². The van der Waals surface area contributed by atoms with Crippen molar-refractivity contribution in [2.45, 2.75) is 37.7 Å². The second-order valence-electron chi connectivity index (χ2n) is 6.25. The molecule has 2 heterocycles. The molecule has 1 N–H and O–H groups in total. The molecule has 2 aromatic rings. The van der Waals surface area contributed by atoms with Gasteiger partial charge in [-0.15, -0.1) is 10.2 Å². The summed E-state index contributed by atoms with van der Waals surface area (Å²) in [6.07, 6.45) is 0. The van der Waals surface area contributed by atoms with E-state index in [1.165, 1.54) is 11.8 Å². The summed E-state index contributed by atoms with van der Waals surface area (Å²) in [6.45, 7) is 9.74. The quantitative estimate of drug-likeness (QED) is 0.783. The zero-order chi connectivity index (χ0) is 18.5. The van der Waals surface area contributed by atoms with E-state index in [2.05, 4.69) is 31.9 Å². The fraction of sp³-hybridized carbons (Fsp3) is 0.500. The molecule has 3 rings (SSSR count). The average molecular weight is 375 g/mol. The van der Waals surface area contributed by atoms with Gasteiger partial charge in [-0.25, -0.2) is 0 Å². The summed E-state index contributed by atoms with van der Waals surface area (Å²) >= 11 is 1.43. The van der Waals surface area contributed by atoms with Gasteiger partial charge in [-0.2, -0.15) is 0 Å². The van der Waals surface area contributed by atoms with Gasteiger partial charge in [0.15, 0.2) is 5.16 Å². The van der Waals surface area contributed by atoms with Crippen molar-refractivity contribution < 1.29 is 9.53 Å². The maximum atomic E-state index is 12.5. The summed E-state index contributed by atoms with van der Waals surface area (Å²) in [4.78, 5) is 14.7. The fourth-order valence-corrected chi connectivity index (χ4v) is 3.73. The highest BCUT2D eigenvalue weighted by molar-refractivity contribution is 8.00. The van der Waals surface area contributed by atoms with Gasteiger partial charge >= 0.3 is 0 Å². The van der Waals surface area contributed by atoms with Crippen LogP contribution in [0.15, 0.2) is 29.4 Å². The monoisotopic (exact) mass is 375 g/mol. The number of carbonyl (C=O) groups is 1. The molecule has 0 bridgehead atoms. The number of hydrogen-bond donors (Lipinski definition) is 1. The first kappa shape index (κ1) is 18.7. The minimum absolute atomic E-state index is 0.0424. The fourth-order valence-electron chi connectivity index (χ4n) is 2.82. The van der Waals surface area contributed by atoms with E-state index in [1.54, 1.807) is 0 Å². The molecule has 1 fully saturated rings. The largest absolute Gasteiger partial charge is 0.378 e. The van der Waals surface area contributed by atoms with Crippen molar-refractivity contribution in [3.8, 4) is 0 Å². The van der Waals surface area contributed by atoms with Gasteiger partial charge in [0, 0.05) is 25.3 Å². The van der Waals surface area contributed by atoms with Crippen molar-refractivity contribution in [2.24, 2.45) is 0 Å². The Morgan fingerprint density at radius 3 is 2.81 bits per heavy atom. The Bertz CT molecular complexity index is 758. The smallest absolute Gasteiger partial charge is 0.237 e. The minimum atomic E-state index is -0.275. The van der Waals surface area contributed by atoms with Crippen molar-refractivity contribution in [2.75, 3.05) is 36.5 Å². The maximum Gasteiger partial charge on any atom is 0.237 e. The number of anilines is 2. The second kappa shape index (κ2) is 8.55. The van der Waals surface area contributed by atoms with E-state index in [0.29, 0.717) is 13.2 Å². The molecule has 1 saturated heterocycles. The van der Waals surface area contributed by atoms with Crippen LogP contribution in [0.4, 0.5) is 11.6 Å². The molecule has 0 radical (unpaired) electrons. The summed E-state index contributed by atoms with van der Waals surface area (Å²) in [5.41, 5.74) is 1.93. The second-order valence-corrected chi connectivity index (χ2v) is 7.55. The van der Waals surface area contributed by atoms with Crippen LogP contribution in [0.2, 0.25) is 0 Å². The average Bonchev–Trinajstić information content (AvgIpc) is 3.05. The Hall–Kier alpha value is -2.06. The standard InChI is InChI=1S/C18H25N5O2S/c1-4-23-17(22-8-10-25-11-9-22)20-21-18(23)26-14(3)16(24)19-15-7-5-6-13(2)12-15/h5-7,12,14H,4,8-11H2,1-3H3,(H,19,24)/t14-/m1/s1. The van der Waals surface area contributed by atoms with E-state index in [1.807, 2.05) is 38.1 Å². The highest BCUT2D eigenvalue weighted by atomic mass is 32.2. The lowest BCUT2D eigenvalue weighted by atomic mass is 10.2. The molecule has 8 heteroatoms. The number of aryl methyl sites for hydroxylation is 1. The molecular weight excluding hydrogens is 350 g/mol. The van der Waals surface area contributed by atoms with Gasteiger partial charge in [-0.05, 0) is 38.5 Å². The van der Waals surface area contributed by atoms with E-state index >= 15 is 0 Å². The third-order valence-electron chi connectivity index (χ3n) is 4.24. The molecule has 0 saturated carbocycles. The van der Waals surface area contributed by atoms with Crippen LogP contribution in [0, 0.1) is 6.92 Å². The third kappa shape index (κ3) is 4.37. The molecule has 1 aromatic carbocycles. The molecule has 7 nitrogen and oxygen atoms in total. The molecule has 140 valence electrons. The Balaban J connectivity index is 1.67.